The van der Waals surface area contributed by atoms with Gasteiger partial charge in [0, 0.05) is 28.9 Å². The van der Waals surface area contributed by atoms with Crippen LogP contribution in [0.3, 0.4) is 0 Å². The Hall–Kier alpha value is -3.00. The van der Waals surface area contributed by atoms with Gasteiger partial charge in [0.25, 0.3) is 0 Å². The number of hydrogen-bond acceptors (Lipinski definition) is 4. The number of halogens is 4. The fourth-order valence-electron chi connectivity index (χ4n) is 2.55. The normalized spacial score (nSPS) is 11.3. The minimum atomic E-state index is -4.60. The van der Waals surface area contributed by atoms with E-state index in [0.717, 1.165) is 6.07 Å². The Morgan fingerprint density at radius 2 is 2.00 bits per heavy atom. The highest BCUT2D eigenvalue weighted by Gasteiger charge is 2.34. The minimum Gasteiger partial charge on any atom is -0.439 e. The lowest BCUT2D eigenvalue weighted by Crippen LogP contribution is -2.13. The molecule has 2 aromatic carbocycles. The molecule has 0 saturated carbocycles. The molecule has 0 spiro atoms. The van der Waals surface area contributed by atoms with E-state index in [1.165, 1.54) is 25.3 Å². The molecule has 0 bridgehead atoms. The van der Waals surface area contributed by atoms with Crippen molar-refractivity contribution in [2.75, 3.05) is 10.6 Å². The van der Waals surface area contributed by atoms with Gasteiger partial charge in [-0.25, -0.2) is 4.98 Å². The van der Waals surface area contributed by atoms with E-state index in [0.29, 0.717) is 16.3 Å². The summed E-state index contributed by atoms with van der Waals surface area (Å²) in [4.78, 5) is 15.1. The van der Waals surface area contributed by atoms with Crippen molar-refractivity contribution in [1.82, 2.24) is 4.98 Å². The third-order valence-electron chi connectivity index (χ3n) is 3.74. The zero-order chi connectivity index (χ0) is 20.3. The second kappa shape index (κ2) is 7.93. The summed E-state index contributed by atoms with van der Waals surface area (Å²) >= 11 is 5.94. The highest BCUT2D eigenvalue weighted by atomic mass is 35.5. The lowest BCUT2D eigenvalue weighted by Gasteiger charge is -2.15. The average molecular weight is 410 g/mol. The third kappa shape index (κ3) is 4.83. The lowest BCUT2D eigenvalue weighted by molar-refractivity contribution is -0.137. The topological polar surface area (TPSA) is 67.2 Å². The zero-order valence-electron chi connectivity index (χ0n) is 14.6. The highest BCUT2D eigenvalue weighted by Crippen LogP contribution is 2.37. The van der Waals surface area contributed by atoms with Gasteiger partial charge in [0.15, 0.2) is 5.76 Å². The molecular weight excluding hydrogens is 395 g/mol. The van der Waals surface area contributed by atoms with Gasteiger partial charge < -0.3 is 15.1 Å². The number of carbonyl (C=O) groups is 1. The number of alkyl halides is 3. The molecule has 2 N–H and O–H groups in total. The first-order valence-electron chi connectivity index (χ1n) is 8.16. The van der Waals surface area contributed by atoms with E-state index in [1.54, 1.807) is 24.3 Å². The average Bonchev–Trinajstić information content (AvgIpc) is 3.08. The van der Waals surface area contributed by atoms with Crippen LogP contribution in [0.2, 0.25) is 5.02 Å². The van der Waals surface area contributed by atoms with Gasteiger partial charge in [-0.15, -0.1) is 0 Å². The van der Waals surface area contributed by atoms with Crippen molar-refractivity contribution in [2.45, 2.75) is 19.6 Å². The molecule has 0 atom stereocenters. The molecule has 0 saturated heterocycles. The molecule has 1 aromatic heterocycles. The molecule has 0 radical (unpaired) electrons. The van der Waals surface area contributed by atoms with Gasteiger partial charge in [0.1, 0.15) is 0 Å². The van der Waals surface area contributed by atoms with Crippen molar-refractivity contribution < 1.29 is 22.4 Å². The van der Waals surface area contributed by atoms with Crippen LogP contribution in [0.1, 0.15) is 18.4 Å². The van der Waals surface area contributed by atoms with Gasteiger partial charge in [-0.2, -0.15) is 13.2 Å². The third-order valence-corrected chi connectivity index (χ3v) is 3.97. The Morgan fingerprint density at radius 1 is 1.21 bits per heavy atom. The molecule has 0 fully saturated rings. The van der Waals surface area contributed by atoms with Crippen molar-refractivity contribution in [2.24, 2.45) is 0 Å². The summed E-state index contributed by atoms with van der Waals surface area (Å²) in [5.41, 5.74) is -0.281. The summed E-state index contributed by atoms with van der Waals surface area (Å²) in [6.07, 6.45) is -3.12. The van der Waals surface area contributed by atoms with Crippen LogP contribution in [0.5, 0.6) is 0 Å². The van der Waals surface area contributed by atoms with Crippen LogP contribution < -0.4 is 10.6 Å². The number of hydrogen-bond donors (Lipinski definition) is 2. The van der Waals surface area contributed by atoms with E-state index in [1.807, 2.05) is 0 Å². The summed E-state index contributed by atoms with van der Waals surface area (Å²) in [7, 11) is 0. The minimum absolute atomic E-state index is 0.0525. The number of aromatic nitrogens is 1. The smallest absolute Gasteiger partial charge is 0.418 e. The van der Waals surface area contributed by atoms with E-state index >= 15 is 0 Å². The number of nitrogens with zero attached hydrogens (tertiary/aromatic N) is 1. The number of rotatable bonds is 5. The number of carbonyl (C=O) groups excluding carboxylic acids is 1. The predicted octanol–water partition coefficient (Wildman–Crippen LogP) is 5.58. The van der Waals surface area contributed by atoms with Crippen LogP contribution in [-0.4, -0.2) is 10.9 Å². The maximum absolute atomic E-state index is 13.4. The molecule has 146 valence electrons. The number of amides is 1. The Balaban J connectivity index is 1.78. The van der Waals surface area contributed by atoms with Gasteiger partial charge >= 0.3 is 6.18 Å². The zero-order valence-corrected chi connectivity index (χ0v) is 15.4. The van der Waals surface area contributed by atoms with Crippen molar-refractivity contribution in [3.05, 3.63) is 65.1 Å². The highest BCUT2D eigenvalue weighted by molar-refractivity contribution is 6.30. The van der Waals surface area contributed by atoms with Crippen molar-refractivity contribution >= 4 is 28.9 Å². The van der Waals surface area contributed by atoms with Crippen LogP contribution in [0.15, 0.2) is 53.1 Å². The fraction of sp³-hybridized carbons (Fsp3) is 0.158. The van der Waals surface area contributed by atoms with E-state index in [-0.39, 0.29) is 23.8 Å². The lowest BCUT2D eigenvalue weighted by atomic mass is 10.1. The number of anilines is 2. The largest absolute Gasteiger partial charge is 0.439 e. The second-order valence-electron chi connectivity index (χ2n) is 5.92. The van der Waals surface area contributed by atoms with E-state index in [2.05, 4.69) is 15.6 Å². The van der Waals surface area contributed by atoms with E-state index < -0.39 is 17.6 Å². The standard InChI is InChI=1S/C19H15ClF3N3O2/c1-11(27)26-14-5-6-16(15(8-14)19(21,22)23)24-10-18-25-9-17(28-18)12-3-2-4-13(20)7-12/h2-9,24H,10H2,1H3,(H,26,27). The van der Waals surface area contributed by atoms with Crippen LogP contribution in [0, 0.1) is 0 Å². The summed E-state index contributed by atoms with van der Waals surface area (Å²) in [6, 6.07) is 10.4. The Bertz CT molecular complexity index is 1000. The molecule has 0 aliphatic heterocycles. The SMILES string of the molecule is CC(=O)Nc1ccc(NCc2ncc(-c3cccc(Cl)c3)o2)c(C(F)(F)F)c1. The monoisotopic (exact) mass is 409 g/mol. The van der Waals surface area contributed by atoms with Gasteiger partial charge in [-0.1, -0.05) is 23.7 Å². The number of oxazole rings is 1. The molecule has 9 heteroatoms. The van der Waals surface area contributed by atoms with Crippen LogP contribution in [0.4, 0.5) is 24.5 Å². The van der Waals surface area contributed by atoms with Gasteiger partial charge in [0.05, 0.1) is 18.3 Å². The molecule has 3 rings (SSSR count). The molecule has 1 heterocycles. The molecule has 0 aliphatic carbocycles. The van der Waals surface area contributed by atoms with Gasteiger partial charge in [-0.05, 0) is 30.3 Å². The maximum Gasteiger partial charge on any atom is 0.418 e. The molecule has 5 nitrogen and oxygen atoms in total. The van der Waals surface area contributed by atoms with Gasteiger partial charge in [-0.3, -0.25) is 4.79 Å². The van der Waals surface area contributed by atoms with E-state index in [9.17, 15) is 18.0 Å². The molecular formula is C19H15ClF3N3O2. The summed E-state index contributed by atoms with van der Waals surface area (Å²) in [5.74, 6) is 0.215. The van der Waals surface area contributed by atoms with Crippen LogP contribution in [0.25, 0.3) is 11.3 Å². The number of nitrogens with one attached hydrogen (secondary N) is 2. The summed E-state index contributed by atoms with van der Waals surface area (Å²) < 4.78 is 45.6. The quantitative estimate of drug-likeness (QED) is 0.577. The summed E-state index contributed by atoms with van der Waals surface area (Å²) in [6.45, 7) is 1.17. The molecule has 0 aliphatic rings. The first kappa shape index (κ1) is 19.8. The molecule has 0 unspecified atom stereocenters. The first-order chi connectivity index (χ1) is 13.2. The van der Waals surface area contributed by atoms with Crippen LogP contribution in [-0.2, 0) is 17.5 Å². The maximum atomic E-state index is 13.4. The van der Waals surface area contributed by atoms with Crippen molar-refractivity contribution in [1.29, 1.82) is 0 Å². The Kier molecular flexibility index (Phi) is 5.60. The predicted molar refractivity (Wildman–Crippen MR) is 100 cm³/mol. The molecule has 28 heavy (non-hydrogen) atoms. The number of benzene rings is 2. The molecule has 1 amide bonds. The Labute approximate surface area is 163 Å². The van der Waals surface area contributed by atoms with Crippen LogP contribution >= 0.6 is 11.6 Å². The van der Waals surface area contributed by atoms with E-state index in [4.69, 9.17) is 16.0 Å². The Morgan fingerprint density at radius 3 is 2.68 bits per heavy atom. The fourth-order valence-corrected chi connectivity index (χ4v) is 2.74. The summed E-state index contributed by atoms with van der Waals surface area (Å²) in [5, 5.41) is 5.54. The van der Waals surface area contributed by atoms with Crippen molar-refractivity contribution in [3.8, 4) is 11.3 Å². The molecule has 3 aromatic rings. The van der Waals surface area contributed by atoms with Crippen molar-refractivity contribution in [3.63, 3.8) is 0 Å². The second-order valence-corrected chi connectivity index (χ2v) is 6.36. The first-order valence-corrected chi connectivity index (χ1v) is 8.53. The van der Waals surface area contributed by atoms with Gasteiger partial charge in [0.2, 0.25) is 11.8 Å².